The minimum absolute atomic E-state index is 0.0776. The SMILES string of the molecule is Cc1nc(F)ccc1-c1ccc2nc(NC(=O)Cn3cccn3)nn2c1. The number of pyridine rings is 2. The van der Waals surface area contributed by atoms with E-state index in [9.17, 15) is 9.18 Å². The number of carbonyl (C=O) groups excluding carboxylic acids is 1. The standard InChI is InChI=1S/C17H14FN7O/c1-11-13(4-5-14(18)20-11)12-3-6-15-21-17(23-25(15)9-12)22-16(26)10-24-8-2-7-19-24/h2-9H,10H2,1H3,(H,22,23,26). The van der Waals surface area contributed by atoms with Crippen molar-refractivity contribution in [1.29, 1.82) is 0 Å². The number of nitrogens with one attached hydrogen (secondary N) is 1. The highest BCUT2D eigenvalue weighted by atomic mass is 19.1. The van der Waals surface area contributed by atoms with E-state index in [0.717, 1.165) is 11.1 Å². The van der Waals surface area contributed by atoms with Crippen LogP contribution in [0.25, 0.3) is 16.8 Å². The summed E-state index contributed by atoms with van der Waals surface area (Å²) in [5.74, 6) is -0.591. The molecule has 0 bridgehead atoms. The zero-order valence-electron chi connectivity index (χ0n) is 13.8. The van der Waals surface area contributed by atoms with Crippen molar-refractivity contribution < 1.29 is 9.18 Å². The Morgan fingerprint density at radius 3 is 2.88 bits per heavy atom. The van der Waals surface area contributed by atoms with Crippen molar-refractivity contribution in [1.82, 2.24) is 29.4 Å². The number of anilines is 1. The summed E-state index contributed by atoms with van der Waals surface area (Å²) in [6, 6.07) is 8.34. The number of hydrogen-bond donors (Lipinski definition) is 1. The van der Waals surface area contributed by atoms with Crippen LogP contribution in [0.5, 0.6) is 0 Å². The molecule has 4 aromatic heterocycles. The molecule has 0 atom stereocenters. The van der Waals surface area contributed by atoms with E-state index >= 15 is 0 Å². The zero-order valence-corrected chi connectivity index (χ0v) is 13.8. The van der Waals surface area contributed by atoms with Crippen molar-refractivity contribution in [3.05, 3.63) is 60.6 Å². The van der Waals surface area contributed by atoms with E-state index in [1.807, 2.05) is 6.07 Å². The largest absolute Gasteiger partial charge is 0.292 e. The monoisotopic (exact) mass is 351 g/mol. The van der Waals surface area contributed by atoms with Gasteiger partial charge in [0.1, 0.15) is 6.54 Å². The van der Waals surface area contributed by atoms with Crippen molar-refractivity contribution >= 4 is 17.5 Å². The van der Waals surface area contributed by atoms with Crippen LogP contribution in [-0.2, 0) is 11.3 Å². The molecule has 0 radical (unpaired) electrons. The van der Waals surface area contributed by atoms with Gasteiger partial charge in [-0.15, -0.1) is 5.10 Å². The highest BCUT2D eigenvalue weighted by Gasteiger charge is 2.11. The third-order valence-electron chi connectivity index (χ3n) is 3.81. The van der Waals surface area contributed by atoms with E-state index in [1.165, 1.54) is 10.7 Å². The van der Waals surface area contributed by atoms with Gasteiger partial charge in [0.2, 0.25) is 17.8 Å². The molecule has 0 saturated heterocycles. The fourth-order valence-electron chi connectivity index (χ4n) is 2.64. The molecule has 4 rings (SSSR count). The maximum absolute atomic E-state index is 13.2. The van der Waals surface area contributed by atoms with Gasteiger partial charge >= 0.3 is 0 Å². The Labute approximate surface area is 147 Å². The van der Waals surface area contributed by atoms with Crippen LogP contribution in [0.2, 0.25) is 0 Å². The van der Waals surface area contributed by atoms with Gasteiger partial charge in [-0.25, -0.2) is 9.50 Å². The highest BCUT2D eigenvalue weighted by molar-refractivity contribution is 5.88. The molecule has 0 aliphatic rings. The maximum Gasteiger partial charge on any atom is 0.249 e. The van der Waals surface area contributed by atoms with Gasteiger partial charge in [0, 0.05) is 35.4 Å². The Balaban J connectivity index is 1.58. The first-order valence-electron chi connectivity index (χ1n) is 7.86. The maximum atomic E-state index is 13.2. The highest BCUT2D eigenvalue weighted by Crippen LogP contribution is 2.22. The molecule has 130 valence electrons. The van der Waals surface area contributed by atoms with Gasteiger partial charge < -0.3 is 0 Å². The number of aryl methyl sites for hydroxylation is 1. The van der Waals surface area contributed by atoms with Gasteiger partial charge in [-0.3, -0.25) is 14.8 Å². The molecule has 1 N–H and O–H groups in total. The van der Waals surface area contributed by atoms with E-state index in [2.05, 4.69) is 25.5 Å². The summed E-state index contributed by atoms with van der Waals surface area (Å²) in [5.41, 5.74) is 2.78. The Bertz CT molecular complexity index is 1090. The number of hydrogen-bond acceptors (Lipinski definition) is 5. The van der Waals surface area contributed by atoms with Gasteiger partial charge in [0.15, 0.2) is 5.65 Å². The van der Waals surface area contributed by atoms with E-state index in [0.29, 0.717) is 11.3 Å². The van der Waals surface area contributed by atoms with Gasteiger partial charge in [0.25, 0.3) is 0 Å². The van der Waals surface area contributed by atoms with Crippen LogP contribution < -0.4 is 5.32 Å². The van der Waals surface area contributed by atoms with Crippen LogP contribution >= 0.6 is 0 Å². The molecule has 0 unspecified atom stereocenters. The van der Waals surface area contributed by atoms with Crippen LogP contribution in [0.3, 0.4) is 0 Å². The topological polar surface area (TPSA) is 90.0 Å². The molecule has 9 heteroatoms. The lowest BCUT2D eigenvalue weighted by Gasteiger charge is -2.05. The molecular weight excluding hydrogens is 337 g/mol. The third kappa shape index (κ3) is 3.14. The molecule has 0 aromatic carbocycles. The Morgan fingerprint density at radius 2 is 2.12 bits per heavy atom. The minimum Gasteiger partial charge on any atom is -0.292 e. The van der Waals surface area contributed by atoms with Crippen molar-refractivity contribution in [2.24, 2.45) is 0 Å². The lowest BCUT2D eigenvalue weighted by Crippen LogP contribution is -2.19. The molecule has 1 amide bonds. The molecule has 0 spiro atoms. The first kappa shape index (κ1) is 15.9. The molecule has 0 fully saturated rings. The predicted octanol–water partition coefficient (Wildman–Crippen LogP) is 2.07. The van der Waals surface area contributed by atoms with Crippen molar-refractivity contribution in [2.45, 2.75) is 13.5 Å². The number of halogens is 1. The number of carbonyl (C=O) groups is 1. The number of amides is 1. The number of rotatable bonds is 4. The summed E-state index contributed by atoms with van der Waals surface area (Å²) >= 11 is 0. The second-order valence-corrected chi connectivity index (χ2v) is 5.67. The Hall–Kier alpha value is -3.62. The van der Waals surface area contributed by atoms with Gasteiger partial charge in [0.05, 0.1) is 0 Å². The number of fused-ring (bicyclic) bond motifs is 1. The summed E-state index contributed by atoms with van der Waals surface area (Å²) in [6.45, 7) is 1.82. The summed E-state index contributed by atoms with van der Waals surface area (Å²) < 4.78 is 16.3. The zero-order chi connectivity index (χ0) is 18.1. The summed E-state index contributed by atoms with van der Waals surface area (Å²) in [6.07, 6.45) is 5.06. The quantitative estimate of drug-likeness (QED) is 0.569. The van der Waals surface area contributed by atoms with E-state index < -0.39 is 5.95 Å². The van der Waals surface area contributed by atoms with Crippen molar-refractivity contribution in [3.8, 4) is 11.1 Å². The lowest BCUT2D eigenvalue weighted by atomic mass is 10.1. The van der Waals surface area contributed by atoms with Crippen molar-refractivity contribution in [3.63, 3.8) is 0 Å². The minimum atomic E-state index is -0.518. The first-order valence-corrected chi connectivity index (χ1v) is 7.86. The Morgan fingerprint density at radius 1 is 1.23 bits per heavy atom. The average Bonchev–Trinajstić information content (AvgIpc) is 3.23. The smallest absolute Gasteiger partial charge is 0.249 e. The molecule has 8 nitrogen and oxygen atoms in total. The number of nitrogens with zero attached hydrogens (tertiary/aromatic N) is 6. The second-order valence-electron chi connectivity index (χ2n) is 5.67. The van der Waals surface area contributed by atoms with E-state index in [1.54, 1.807) is 48.2 Å². The summed E-state index contributed by atoms with van der Waals surface area (Å²) in [5, 5.41) is 10.9. The second kappa shape index (κ2) is 6.36. The predicted molar refractivity (Wildman–Crippen MR) is 91.8 cm³/mol. The van der Waals surface area contributed by atoms with Gasteiger partial charge in [-0.05, 0) is 37.3 Å². The first-order chi connectivity index (χ1) is 12.6. The van der Waals surface area contributed by atoms with Crippen LogP contribution in [0.15, 0.2) is 48.9 Å². The normalized spacial score (nSPS) is 11.0. The molecule has 0 saturated carbocycles. The fourth-order valence-corrected chi connectivity index (χ4v) is 2.64. The number of aromatic nitrogens is 6. The van der Waals surface area contributed by atoms with Crippen LogP contribution in [0, 0.1) is 12.9 Å². The molecule has 0 aliphatic heterocycles. The van der Waals surface area contributed by atoms with Crippen LogP contribution in [0.1, 0.15) is 5.69 Å². The summed E-state index contributed by atoms with van der Waals surface area (Å²) in [4.78, 5) is 20.1. The summed E-state index contributed by atoms with van der Waals surface area (Å²) in [7, 11) is 0. The molecular formula is C17H14FN7O. The van der Waals surface area contributed by atoms with E-state index in [-0.39, 0.29) is 18.4 Å². The molecule has 0 aliphatic carbocycles. The Kier molecular flexibility index (Phi) is 3.88. The third-order valence-corrected chi connectivity index (χ3v) is 3.81. The average molecular weight is 351 g/mol. The lowest BCUT2D eigenvalue weighted by molar-refractivity contribution is -0.116. The van der Waals surface area contributed by atoms with Crippen LogP contribution in [-0.4, -0.2) is 35.3 Å². The van der Waals surface area contributed by atoms with Crippen LogP contribution in [0.4, 0.5) is 10.3 Å². The van der Waals surface area contributed by atoms with Gasteiger partial charge in [-0.2, -0.15) is 14.5 Å². The molecule has 4 aromatic rings. The van der Waals surface area contributed by atoms with E-state index in [4.69, 9.17) is 0 Å². The van der Waals surface area contributed by atoms with Crippen molar-refractivity contribution in [2.75, 3.05) is 5.32 Å². The molecule has 26 heavy (non-hydrogen) atoms. The van der Waals surface area contributed by atoms with Gasteiger partial charge in [-0.1, -0.05) is 0 Å². The fraction of sp³-hybridized carbons (Fsp3) is 0.118. The molecule has 4 heterocycles.